The topological polar surface area (TPSA) is 132 Å². The lowest BCUT2D eigenvalue weighted by molar-refractivity contribution is -0.384. The van der Waals surface area contributed by atoms with Gasteiger partial charge in [-0.1, -0.05) is 0 Å². The Morgan fingerprint density at radius 3 is 2.50 bits per heavy atom. The normalized spacial score (nSPS) is 21.4. The Morgan fingerprint density at radius 2 is 1.88 bits per heavy atom. The molecule has 2 N–H and O–H groups in total. The van der Waals surface area contributed by atoms with Gasteiger partial charge in [-0.05, 0) is 24.3 Å². The summed E-state index contributed by atoms with van der Waals surface area (Å²) in [6.45, 7) is 0.344. The molecule has 2 atom stereocenters. The summed E-state index contributed by atoms with van der Waals surface area (Å²) in [5.74, 6) is -0.0676. The molecule has 1 fully saturated rings. The molecule has 1 saturated heterocycles. The molecule has 0 unspecified atom stereocenters. The van der Waals surface area contributed by atoms with E-state index in [2.05, 4.69) is 10.6 Å². The molecule has 0 saturated carbocycles. The van der Waals surface area contributed by atoms with E-state index < -0.39 is 32.8 Å². The second-order valence-corrected chi connectivity index (χ2v) is 8.18. The molecule has 3 rings (SSSR count). The van der Waals surface area contributed by atoms with Gasteiger partial charge in [0.1, 0.15) is 5.76 Å². The zero-order chi connectivity index (χ0) is 18.7. The van der Waals surface area contributed by atoms with E-state index in [1.54, 1.807) is 12.1 Å². The van der Waals surface area contributed by atoms with Crippen molar-refractivity contribution in [2.45, 2.75) is 18.6 Å². The number of nitrogens with one attached hydrogen (secondary N) is 2. The number of rotatable bonds is 6. The molecule has 138 valence electrons. The van der Waals surface area contributed by atoms with Crippen molar-refractivity contribution in [2.24, 2.45) is 0 Å². The Morgan fingerprint density at radius 1 is 1.19 bits per heavy atom. The molecule has 0 spiro atoms. The minimum Gasteiger partial charge on any atom is -0.468 e. The van der Waals surface area contributed by atoms with Gasteiger partial charge in [-0.3, -0.25) is 14.9 Å². The SMILES string of the molecule is O=C(N[C@@H]1CS(=O)(=O)C[C@H]1NCc1ccco1)c1ccc([N+](=O)[O-])cc1. The molecular weight excluding hydrogens is 362 g/mol. The summed E-state index contributed by atoms with van der Waals surface area (Å²) in [7, 11) is -3.28. The van der Waals surface area contributed by atoms with Gasteiger partial charge in [-0.25, -0.2) is 8.42 Å². The molecule has 2 aromatic rings. The predicted molar refractivity (Wildman–Crippen MR) is 92.3 cm³/mol. The van der Waals surface area contributed by atoms with Crippen LogP contribution in [-0.2, 0) is 16.4 Å². The van der Waals surface area contributed by atoms with Gasteiger partial charge in [0.15, 0.2) is 9.84 Å². The number of nitro groups is 1. The summed E-state index contributed by atoms with van der Waals surface area (Å²) in [6, 6.07) is 7.58. The van der Waals surface area contributed by atoms with Crippen LogP contribution in [0, 0.1) is 10.1 Å². The van der Waals surface area contributed by atoms with Gasteiger partial charge in [-0.2, -0.15) is 0 Å². The molecule has 0 radical (unpaired) electrons. The highest BCUT2D eigenvalue weighted by atomic mass is 32.2. The number of amides is 1. The number of carbonyl (C=O) groups is 1. The number of hydrogen-bond donors (Lipinski definition) is 2. The van der Waals surface area contributed by atoms with Gasteiger partial charge >= 0.3 is 0 Å². The summed E-state index contributed by atoms with van der Waals surface area (Å²) < 4.78 is 29.1. The molecule has 0 aliphatic carbocycles. The molecular formula is C16H17N3O6S. The van der Waals surface area contributed by atoms with Crippen molar-refractivity contribution in [3.05, 3.63) is 64.1 Å². The number of sulfone groups is 1. The van der Waals surface area contributed by atoms with Gasteiger partial charge in [-0.15, -0.1) is 0 Å². The monoisotopic (exact) mass is 379 g/mol. The van der Waals surface area contributed by atoms with Crippen LogP contribution in [0.3, 0.4) is 0 Å². The Hall–Kier alpha value is -2.72. The third kappa shape index (κ3) is 4.27. The summed E-state index contributed by atoms with van der Waals surface area (Å²) in [4.78, 5) is 22.5. The van der Waals surface area contributed by atoms with Crippen molar-refractivity contribution in [3.63, 3.8) is 0 Å². The van der Waals surface area contributed by atoms with Crippen molar-refractivity contribution >= 4 is 21.4 Å². The molecule has 1 aliphatic rings. The zero-order valence-corrected chi connectivity index (χ0v) is 14.4. The third-order valence-corrected chi connectivity index (χ3v) is 5.86. The lowest BCUT2D eigenvalue weighted by atomic mass is 10.1. The second-order valence-electron chi connectivity index (χ2n) is 6.03. The fourth-order valence-electron chi connectivity index (χ4n) is 2.82. The quantitative estimate of drug-likeness (QED) is 0.562. The number of hydrogen-bond acceptors (Lipinski definition) is 7. The maximum Gasteiger partial charge on any atom is 0.269 e. The van der Waals surface area contributed by atoms with Crippen LogP contribution in [0.25, 0.3) is 0 Å². The highest BCUT2D eigenvalue weighted by Gasteiger charge is 2.38. The average Bonchev–Trinajstić information content (AvgIpc) is 3.20. The van der Waals surface area contributed by atoms with Gasteiger partial charge in [0, 0.05) is 23.7 Å². The Balaban J connectivity index is 1.67. The molecule has 1 aromatic heterocycles. The molecule has 1 aromatic carbocycles. The van der Waals surface area contributed by atoms with Crippen LogP contribution >= 0.6 is 0 Å². The molecule has 0 bridgehead atoms. The van der Waals surface area contributed by atoms with Crippen molar-refractivity contribution in [3.8, 4) is 0 Å². The maximum absolute atomic E-state index is 12.3. The molecule has 1 aliphatic heterocycles. The fraction of sp³-hybridized carbons (Fsp3) is 0.312. The van der Waals surface area contributed by atoms with Crippen LogP contribution in [0.5, 0.6) is 0 Å². The number of non-ortho nitro benzene ring substituents is 1. The van der Waals surface area contributed by atoms with Crippen LogP contribution in [0.2, 0.25) is 0 Å². The highest BCUT2D eigenvalue weighted by molar-refractivity contribution is 7.91. The van der Waals surface area contributed by atoms with Crippen molar-refractivity contribution in [2.75, 3.05) is 11.5 Å². The lowest BCUT2D eigenvalue weighted by Crippen LogP contribution is -2.48. The largest absolute Gasteiger partial charge is 0.468 e. The van der Waals surface area contributed by atoms with Crippen LogP contribution in [0.15, 0.2) is 47.1 Å². The Kier molecular flexibility index (Phi) is 5.05. The van der Waals surface area contributed by atoms with Gasteiger partial charge in [0.05, 0.1) is 35.3 Å². The first-order chi connectivity index (χ1) is 12.3. The number of nitrogens with zero attached hydrogens (tertiary/aromatic N) is 1. The van der Waals surface area contributed by atoms with E-state index in [1.807, 2.05) is 0 Å². The van der Waals surface area contributed by atoms with E-state index in [-0.39, 0.29) is 22.8 Å². The standard InChI is InChI=1S/C16H17N3O6S/c20-16(11-3-5-12(6-4-11)19(21)22)18-15-10-26(23,24)9-14(15)17-8-13-2-1-7-25-13/h1-7,14-15,17H,8-10H2,(H,18,20)/t14-,15-/m1/s1. The number of carbonyl (C=O) groups excluding carboxylic acids is 1. The summed E-state index contributed by atoms with van der Waals surface area (Å²) in [5.41, 5.74) is 0.104. The summed E-state index contributed by atoms with van der Waals surface area (Å²) in [5, 5.41) is 16.5. The van der Waals surface area contributed by atoms with Gasteiger partial charge in [0.2, 0.25) is 0 Å². The number of nitro benzene ring substituents is 1. The molecule has 9 nitrogen and oxygen atoms in total. The predicted octanol–water partition coefficient (Wildman–Crippen LogP) is 0.873. The Labute approximate surface area is 149 Å². The van der Waals surface area contributed by atoms with E-state index in [9.17, 15) is 23.3 Å². The van der Waals surface area contributed by atoms with Crippen LogP contribution in [-0.4, -0.2) is 42.8 Å². The first-order valence-electron chi connectivity index (χ1n) is 7.85. The van der Waals surface area contributed by atoms with Crippen molar-refractivity contribution < 1.29 is 22.6 Å². The second kappa shape index (κ2) is 7.26. The number of furan rings is 1. The third-order valence-electron chi connectivity index (χ3n) is 4.13. The average molecular weight is 379 g/mol. The molecule has 2 heterocycles. The van der Waals surface area contributed by atoms with E-state index in [4.69, 9.17) is 4.42 Å². The fourth-order valence-corrected chi connectivity index (χ4v) is 4.72. The van der Waals surface area contributed by atoms with Crippen LogP contribution < -0.4 is 10.6 Å². The summed E-state index contributed by atoms with van der Waals surface area (Å²) in [6.07, 6.45) is 1.52. The van der Waals surface area contributed by atoms with E-state index in [0.717, 1.165) is 0 Å². The van der Waals surface area contributed by atoms with Crippen LogP contribution in [0.1, 0.15) is 16.1 Å². The van der Waals surface area contributed by atoms with Crippen molar-refractivity contribution in [1.82, 2.24) is 10.6 Å². The van der Waals surface area contributed by atoms with Gasteiger partial charge in [0.25, 0.3) is 11.6 Å². The van der Waals surface area contributed by atoms with Crippen molar-refractivity contribution in [1.29, 1.82) is 0 Å². The molecule has 26 heavy (non-hydrogen) atoms. The van der Waals surface area contributed by atoms with Crippen LogP contribution in [0.4, 0.5) is 5.69 Å². The Bertz CT molecular complexity index is 893. The maximum atomic E-state index is 12.3. The molecule has 1 amide bonds. The van der Waals surface area contributed by atoms with E-state index in [1.165, 1.54) is 30.5 Å². The first kappa shape index (κ1) is 18.1. The first-order valence-corrected chi connectivity index (χ1v) is 9.68. The minimum absolute atomic E-state index is 0.0844. The number of benzene rings is 1. The van der Waals surface area contributed by atoms with E-state index >= 15 is 0 Å². The highest BCUT2D eigenvalue weighted by Crippen LogP contribution is 2.16. The van der Waals surface area contributed by atoms with E-state index in [0.29, 0.717) is 12.3 Å². The summed E-state index contributed by atoms with van der Waals surface area (Å²) >= 11 is 0. The lowest BCUT2D eigenvalue weighted by Gasteiger charge is -2.20. The molecule has 10 heteroatoms. The smallest absolute Gasteiger partial charge is 0.269 e. The zero-order valence-electron chi connectivity index (χ0n) is 13.6. The minimum atomic E-state index is -3.28. The van der Waals surface area contributed by atoms with Gasteiger partial charge < -0.3 is 15.1 Å².